The van der Waals surface area contributed by atoms with E-state index in [0.29, 0.717) is 5.56 Å². The summed E-state index contributed by atoms with van der Waals surface area (Å²) in [5, 5.41) is 1.08. The molecule has 1 aromatic heterocycles. The normalized spacial score (nSPS) is 11.4. The largest absolute Gasteiger partial charge is 0.493 e. The lowest BCUT2D eigenvalue weighted by Crippen LogP contribution is -2.03. The predicted molar refractivity (Wildman–Crippen MR) is 95.0 cm³/mol. The summed E-state index contributed by atoms with van der Waals surface area (Å²) in [5.41, 5.74) is 3.58. The smallest absolute Gasteiger partial charge is 0.387 e. The Balaban J connectivity index is 1.87. The molecule has 2 aromatic carbocycles. The third kappa shape index (κ3) is 4.12. The lowest BCUT2D eigenvalue weighted by atomic mass is 10.1. The predicted octanol–water partition coefficient (Wildman–Crippen LogP) is 5.32. The van der Waals surface area contributed by atoms with Crippen LogP contribution in [0.15, 0.2) is 48.5 Å². The van der Waals surface area contributed by atoms with E-state index in [1.165, 1.54) is 18.7 Å². The number of hydrogen-bond donors (Lipinski definition) is 0. The maximum absolute atomic E-state index is 12.5. The molecule has 25 heavy (non-hydrogen) atoms. The van der Waals surface area contributed by atoms with Gasteiger partial charge in [-0.3, -0.25) is 0 Å². The Bertz CT molecular complexity index is 923. The van der Waals surface area contributed by atoms with Crippen LogP contribution in [0.4, 0.5) is 8.78 Å². The first kappa shape index (κ1) is 16.9. The molecule has 0 aliphatic rings. The SMILES string of the molecule is COc1ccc(/C=C/c2ccc3cc(C)ccc3n2)cc1OC(F)F. The first-order chi connectivity index (χ1) is 12.0. The molecule has 0 saturated heterocycles. The molecule has 0 atom stereocenters. The minimum absolute atomic E-state index is 0.00148. The zero-order chi connectivity index (χ0) is 17.8. The van der Waals surface area contributed by atoms with Gasteiger partial charge in [0.25, 0.3) is 0 Å². The summed E-state index contributed by atoms with van der Waals surface area (Å²) in [5.74, 6) is 0.262. The maximum atomic E-state index is 12.5. The molecule has 0 unspecified atom stereocenters. The molecule has 0 bridgehead atoms. The molecule has 0 radical (unpaired) electrons. The Kier molecular flexibility index (Phi) is 4.93. The Morgan fingerprint density at radius 1 is 0.960 bits per heavy atom. The van der Waals surface area contributed by atoms with E-state index < -0.39 is 6.61 Å². The number of nitrogens with zero attached hydrogens (tertiary/aromatic N) is 1. The Hall–Kier alpha value is -2.95. The quantitative estimate of drug-likeness (QED) is 0.629. The van der Waals surface area contributed by atoms with Crippen LogP contribution in [0.3, 0.4) is 0 Å². The first-order valence-corrected chi connectivity index (χ1v) is 7.73. The molecule has 128 valence electrons. The molecule has 0 amide bonds. The van der Waals surface area contributed by atoms with E-state index >= 15 is 0 Å². The van der Waals surface area contributed by atoms with Crippen molar-refractivity contribution in [3.8, 4) is 11.5 Å². The summed E-state index contributed by atoms with van der Waals surface area (Å²) in [4.78, 5) is 4.57. The highest BCUT2D eigenvalue weighted by atomic mass is 19.3. The third-order valence-electron chi connectivity index (χ3n) is 3.72. The summed E-state index contributed by atoms with van der Waals surface area (Å²) in [6.07, 6.45) is 3.62. The molecule has 3 rings (SSSR count). The first-order valence-electron chi connectivity index (χ1n) is 7.73. The highest BCUT2D eigenvalue weighted by molar-refractivity contribution is 5.81. The van der Waals surface area contributed by atoms with Crippen LogP contribution in [0.1, 0.15) is 16.8 Å². The van der Waals surface area contributed by atoms with Crippen molar-refractivity contribution >= 4 is 23.1 Å². The minimum Gasteiger partial charge on any atom is -0.493 e. The summed E-state index contributed by atoms with van der Waals surface area (Å²) < 4.78 is 34.5. The number of pyridine rings is 1. The van der Waals surface area contributed by atoms with Gasteiger partial charge in [-0.2, -0.15) is 8.78 Å². The molecule has 0 N–H and O–H groups in total. The van der Waals surface area contributed by atoms with Crippen molar-refractivity contribution in [2.24, 2.45) is 0 Å². The highest BCUT2D eigenvalue weighted by Gasteiger charge is 2.10. The molecule has 0 aliphatic heterocycles. The molecule has 0 fully saturated rings. The monoisotopic (exact) mass is 341 g/mol. The van der Waals surface area contributed by atoms with Crippen molar-refractivity contribution in [1.29, 1.82) is 0 Å². The van der Waals surface area contributed by atoms with Crippen molar-refractivity contribution in [3.05, 3.63) is 65.4 Å². The van der Waals surface area contributed by atoms with Crippen LogP contribution in [0, 0.1) is 6.92 Å². The van der Waals surface area contributed by atoms with Gasteiger partial charge in [0.15, 0.2) is 11.5 Å². The van der Waals surface area contributed by atoms with Gasteiger partial charge in [-0.05, 0) is 48.9 Å². The summed E-state index contributed by atoms with van der Waals surface area (Å²) in [6, 6.07) is 14.8. The number of fused-ring (bicyclic) bond motifs is 1. The van der Waals surface area contributed by atoms with Crippen molar-refractivity contribution in [3.63, 3.8) is 0 Å². The molecule has 0 aliphatic carbocycles. The lowest BCUT2D eigenvalue weighted by Gasteiger charge is -2.10. The van der Waals surface area contributed by atoms with Gasteiger partial charge < -0.3 is 9.47 Å². The molecule has 0 spiro atoms. The summed E-state index contributed by atoms with van der Waals surface area (Å²) >= 11 is 0. The van der Waals surface area contributed by atoms with Crippen LogP contribution in [0.2, 0.25) is 0 Å². The van der Waals surface area contributed by atoms with Crippen molar-refractivity contribution in [1.82, 2.24) is 4.98 Å². The van der Waals surface area contributed by atoms with Crippen LogP contribution in [-0.4, -0.2) is 18.7 Å². The second kappa shape index (κ2) is 7.30. The number of rotatable bonds is 5. The van der Waals surface area contributed by atoms with Crippen molar-refractivity contribution < 1.29 is 18.3 Å². The van der Waals surface area contributed by atoms with E-state index in [1.807, 2.05) is 37.3 Å². The van der Waals surface area contributed by atoms with E-state index in [0.717, 1.165) is 16.6 Å². The number of halogens is 2. The minimum atomic E-state index is -2.90. The standard InChI is InChI=1S/C20H17F2NO2/c1-13-3-9-17-15(11-13)6-8-16(23-17)7-4-14-5-10-18(24-2)19(12-14)25-20(21)22/h3-12,20H,1-2H3/b7-4+. The van der Waals surface area contributed by atoms with Gasteiger partial charge in [0.2, 0.25) is 0 Å². The van der Waals surface area contributed by atoms with Crippen molar-refractivity contribution in [2.75, 3.05) is 7.11 Å². The number of hydrogen-bond acceptors (Lipinski definition) is 3. The molecule has 5 heteroatoms. The van der Waals surface area contributed by atoms with Crippen LogP contribution in [0.5, 0.6) is 11.5 Å². The van der Waals surface area contributed by atoms with Gasteiger partial charge in [0.05, 0.1) is 18.3 Å². The van der Waals surface area contributed by atoms with Crippen LogP contribution in [-0.2, 0) is 0 Å². The average molecular weight is 341 g/mol. The molecular weight excluding hydrogens is 324 g/mol. The van der Waals surface area contributed by atoms with Gasteiger partial charge in [-0.25, -0.2) is 4.98 Å². The third-order valence-corrected chi connectivity index (χ3v) is 3.72. The van der Waals surface area contributed by atoms with Gasteiger partial charge in [-0.15, -0.1) is 0 Å². The highest BCUT2D eigenvalue weighted by Crippen LogP contribution is 2.30. The van der Waals surface area contributed by atoms with Gasteiger partial charge >= 0.3 is 6.61 Å². The second-order valence-electron chi connectivity index (χ2n) is 5.55. The fraction of sp³-hybridized carbons (Fsp3) is 0.150. The Morgan fingerprint density at radius 3 is 2.56 bits per heavy atom. The number of benzene rings is 2. The maximum Gasteiger partial charge on any atom is 0.387 e. The lowest BCUT2D eigenvalue weighted by molar-refractivity contribution is -0.0512. The van der Waals surface area contributed by atoms with E-state index in [-0.39, 0.29) is 11.5 Å². The number of aryl methyl sites for hydroxylation is 1. The number of methoxy groups -OCH3 is 1. The van der Waals surface area contributed by atoms with E-state index in [1.54, 1.807) is 18.2 Å². The Morgan fingerprint density at radius 2 is 1.80 bits per heavy atom. The average Bonchev–Trinajstić information content (AvgIpc) is 2.59. The van der Waals surface area contributed by atoms with Gasteiger partial charge in [0.1, 0.15) is 0 Å². The summed E-state index contributed by atoms with van der Waals surface area (Å²) in [7, 11) is 1.41. The molecular formula is C20H17F2NO2. The topological polar surface area (TPSA) is 31.4 Å². The fourth-order valence-corrected chi connectivity index (χ4v) is 2.52. The van der Waals surface area contributed by atoms with Crippen LogP contribution >= 0.6 is 0 Å². The van der Waals surface area contributed by atoms with Crippen LogP contribution < -0.4 is 9.47 Å². The number of aromatic nitrogens is 1. The van der Waals surface area contributed by atoms with E-state index in [2.05, 4.69) is 15.8 Å². The number of alkyl halides is 2. The van der Waals surface area contributed by atoms with Crippen molar-refractivity contribution in [2.45, 2.75) is 13.5 Å². The molecule has 3 nitrogen and oxygen atoms in total. The zero-order valence-electron chi connectivity index (χ0n) is 13.9. The second-order valence-corrected chi connectivity index (χ2v) is 5.55. The van der Waals surface area contributed by atoms with E-state index in [4.69, 9.17) is 4.74 Å². The summed E-state index contributed by atoms with van der Waals surface area (Å²) in [6.45, 7) is -0.866. The van der Waals surface area contributed by atoms with Gasteiger partial charge in [0, 0.05) is 5.39 Å². The molecule has 0 saturated carbocycles. The number of ether oxygens (including phenoxy) is 2. The zero-order valence-corrected chi connectivity index (χ0v) is 13.9. The Labute approximate surface area is 144 Å². The molecule has 1 heterocycles. The molecule has 3 aromatic rings. The van der Waals surface area contributed by atoms with E-state index in [9.17, 15) is 8.78 Å². The fourth-order valence-electron chi connectivity index (χ4n) is 2.52. The van der Waals surface area contributed by atoms with Crippen LogP contribution in [0.25, 0.3) is 23.1 Å². The van der Waals surface area contributed by atoms with Gasteiger partial charge in [-0.1, -0.05) is 29.8 Å².